The number of nitrogens with one attached hydrogen (secondary N) is 3. The molecule has 3 amide bonds. The zero-order valence-corrected chi connectivity index (χ0v) is 18.0. The van der Waals surface area contributed by atoms with Gasteiger partial charge in [0.05, 0.1) is 6.61 Å². The minimum atomic E-state index is -1.72. The minimum absolute atomic E-state index is 0. The van der Waals surface area contributed by atoms with Crippen molar-refractivity contribution in [2.45, 2.75) is 19.1 Å². The van der Waals surface area contributed by atoms with Gasteiger partial charge in [-0.3, -0.25) is 19.8 Å². The highest BCUT2D eigenvalue weighted by molar-refractivity contribution is 6.04. The van der Waals surface area contributed by atoms with Crippen LogP contribution in [0.15, 0.2) is 48.5 Å². The average molecular weight is 462 g/mol. The Morgan fingerprint density at radius 2 is 1.69 bits per heavy atom. The van der Waals surface area contributed by atoms with E-state index in [-0.39, 0.29) is 37.3 Å². The van der Waals surface area contributed by atoms with Crippen LogP contribution in [0.4, 0.5) is 17.1 Å². The molecule has 0 spiro atoms. The predicted octanol–water partition coefficient (Wildman–Crippen LogP) is 1.08. The van der Waals surface area contributed by atoms with Crippen LogP contribution in [0.3, 0.4) is 0 Å². The summed E-state index contributed by atoms with van der Waals surface area (Å²) >= 11 is 0. The lowest BCUT2D eigenvalue weighted by Crippen LogP contribution is -2.55. The highest BCUT2D eigenvalue weighted by Gasteiger charge is 2.39. The second kappa shape index (κ2) is 10.7. The normalized spacial score (nSPS) is 16.5. The third kappa shape index (κ3) is 5.82. The fourth-order valence-corrected chi connectivity index (χ4v) is 3.10. The van der Waals surface area contributed by atoms with E-state index in [1.165, 1.54) is 24.0 Å². The number of nitrogens with two attached hydrogens (primary N) is 1. The molecule has 2 atom stereocenters. The first-order valence-electron chi connectivity index (χ1n) is 9.50. The molecule has 3 rings (SSSR count). The Hall–Kier alpha value is -3.47. The highest BCUT2D eigenvalue weighted by Crippen LogP contribution is 2.23. The van der Waals surface area contributed by atoms with Gasteiger partial charge in [-0.1, -0.05) is 0 Å². The van der Waals surface area contributed by atoms with Gasteiger partial charge in [0.15, 0.2) is 12.2 Å². The molecule has 0 aliphatic carbocycles. The molecule has 0 saturated carbocycles. The van der Waals surface area contributed by atoms with Crippen molar-refractivity contribution in [2.24, 2.45) is 5.73 Å². The quantitative estimate of drug-likeness (QED) is 0.320. The molecule has 1 fully saturated rings. The first kappa shape index (κ1) is 24.8. The number of hydrogen-bond acceptors (Lipinski definition) is 6. The topological polar surface area (TPSA) is 158 Å². The Labute approximate surface area is 190 Å². The Kier molecular flexibility index (Phi) is 8.30. The largest absolute Gasteiger partial charge is 0.384 e. The van der Waals surface area contributed by atoms with E-state index in [4.69, 9.17) is 15.9 Å². The van der Waals surface area contributed by atoms with E-state index in [1.807, 2.05) is 0 Å². The molecule has 0 radical (unpaired) electrons. The summed E-state index contributed by atoms with van der Waals surface area (Å²) in [6.07, 6.45) is -3.08. The smallest absolute Gasteiger partial charge is 0.259 e. The lowest BCUT2D eigenvalue weighted by atomic mass is 10.1. The number of ether oxygens (including phenoxy) is 1. The number of nitrogens with zero attached hydrogens (tertiary/aromatic N) is 1. The average Bonchev–Trinajstić information content (AvgIpc) is 2.74. The molecule has 170 valence electrons. The molecule has 1 aliphatic rings. The van der Waals surface area contributed by atoms with Gasteiger partial charge in [-0.05, 0) is 48.5 Å². The molecule has 32 heavy (non-hydrogen) atoms. The van der Waals surface area contributed by atoms with Crippen LogP contribution in [0.25, 0.3) is 0 Å². The molecule has 2 aromatic carbocycles. The molecule has 11 heteroatoms. The van der Waals surface area contributed by atoms with Gasteiger partial charge in [-0.15, -0.1) is 12.4 Å². The van der Waals surface area contributed by atoms with Crippen LogP contribution in [0.5, 0.6) is 0 Å². The van der Waals surface area contributed by atoms with E-state index >= 15 is 0 Å². The maximum atomic E-state index is 12.9. The molecule has 1 heterocycles. The Morgan fingerprint density at radius 3 is 2.25 bits per heavy atom. The van der Waals surface area contributed by atoms with Crippen LogP contribution in [0, 0.1) is 5.41 Å². The number of aliphatic hydroxyl groups is 1. The Balaban J connectivity index is 0.00000363. The van der Waals surface area contributed by atoms with Gasteiger partial charge in [0.1, 0.15) is 5.84 Å². The lowest BCUT2D eigenvalue weighted by molar-refractivity contribution is -0.150. The zero-order valence-electron chi connectivity index (χ0n) is 17.2. The van der Waals surface area contributed by atoms with Crippen molar-refractivity contribution in [1.29, 1.82) is 5.41 Å². The summed E-state index contributed by atoms with van der Waals surface area (Å²) in [5.41, 5.74) is 7.41. The number of amides is 3. The first-order chi connectivity index (χ1) is 14.8. The number of morpholine rings is 1. The molecule has 10 nitrogen and oxygen atoms in total. The number of rotatable bonds is 6. The number of halogens is 1. The van der Waals surface area contributed by atoms with E-state index in [2.05, 4.69) is 10.6 Å². The zero-order chi connectivity index (χ0) is 22.5. The van der Waals surface area contributed by atoms with Crippen molar-refractivity contribution in [2.75, 3.05) is 28.7 Å². The van der Waals surface area contributed by atoms with Gasteiger partial charge >= 0.3 is 0 Å². The van der Waals surface area contributed by atoms with Crippen molar-refractivity contribution in [3.8, 4) is 0 Å². The summed E-state index contributed by atoms with van der Waals surface area (Å²) in [5.74, 6) is -1.66. The molecule has 0 bridgehead atoms. The van der Waals surface area contributed by atoms with Crippen LogP contribution in [-0.2, 0) is 19.1 Å². The van der Waals surface area contributed by atoms with E-state index < -0.39 is 24.0 Å². The van der Waals surface area contributed by atoms with E-state index in [1.54, 1.807) is 36.4 Å². The number of carbonyl (C=O) groups excluding carboxylic acids is 3. The second-order valence-corrected chi connectivity index (χ2v) is 6.93. The highest BCUT2D eigenvalue weighted by atomic mass is 35.5. The van der Waals surface area contributed by atoms with E-state index in [0.717, 1.165) is 0 Å². The fraction of sp³-hybridized carbons (Fsp3) is 0.238. The lowest BCUT2D eigenvalue weighted by Gasteiger charge is -2.34. The Bertz CT molecular complexity index is 997. The van der Waals surface area contributed by atoms with Crippen molar-refractivity contribution < 1.29 is 24.2 Å². The van der Waals surface area contributed by atoms with Gasteiger partial charge < -0.3 is 31.1 Å². The third-order valence-corrected chi connectivity index (χ3v) is 4.64. The maximum Gasteiger partial charge on any atom is 0.259 e. The van der Waals surface area contributed by atoms with E-state index in [0.29, 0.717) is 22.6 Å². The van der Waals surface area contributed by atoms with Crippen molar-refractivity contribution in [1.82, 2.24) is 0 Å². The molecule has 6 N–H and O–H groups in total. The van der Waals surface area contributed by atoms with Crippen molar-refractivity contribution in [3.05, 3.63) is 54.1 Å². The number of carbonyl (C=O) groups is 3. The summed E-state index contributed by atoms with van der Waals surface area (Å²) < 4.78 is 5.39. The molecule has 1 aliphatic heterocycles. The van der Waals surface area contributed by atoms with Gasteiger partial charge in [-0.2, -0.15) is 0 Å². The summed E-state index contributed by atoms with van der Waals surface area (Å²) in [6.45, 7) is 1.80. The number of nitrogen functional groups attached to an aromatic ring is 1. The van der Waals surface area contributed by atoms with Crippen LogP contribution in [0.2, 0.25) is 0 Å². The number of hydrogen-bond donors (Lipinski definition) is 5. The van der Waals surface area contributed by atoms with Gasteiger partial charge in [-0.25, -0.2) is 0 Å². The summed E-state index contributed by atoms with van der Waals surface area (Å²) in [6, 6.07) is 12.8. The molecule has 2 aromatic rings. The number of amidine groups is 1. The first-order valence-corrected chi connectivity index (χ1v) is 9.50. The van der Waals surface area contributed by atoms with Gasteiger partial charge in [0, 0.05) is 36.1 Å². The van der Waals surface area contributed by atoms with Crippen molar-refractivity contribution in [3.63, 3.8) is 0 Å². The summed E-state index contributed by atoms with van der Waals surface area (Å²) in [7, 11) is 0. The monoisotopic (exact) mass is 461 g/mol. The molecular formula is C21H24ClN5O5. The van der Waals surface area contributed by atoms with Crippen LogP contribution < -0.4 is 21.3 Å². The second-order valence-electron chi connectivity index (χ2n) is 6.93. The Morgan fingerprint density at radius 1 is 1.12 bits per heavy atom. The number of aliphatic hydroxyl groups excluding tert-OH is 1. The molecule has 0 aromatic heterocycles. The summed E-state index contributed by atoms with van der Waals surface area (Å²) in [4.78, 5) is 37.9. The fourth-order valence-electron chi connectivity index (χ4n) is 3.10. The third-order valence-electron chi connectivity index (χ3n) is 4.64. The molecule has 1 saturated heterocycles. The predicted molar refractivity (Wildman–Crippen MR) is 122 cm³/mol. The molecular weight excluding hydrogens is 438 g/mol. The number of benzene rings is 2. The minimum Gasteiger partial charge on any atom is -0.384 e. The van der Waals surface area contributed by atoms with Crippen LogP contribution in [-0.4, -0.2) is 54.0 Å². The maximum absolute atomic E-state index is 12.9. The number of anilines is 3. The summed E-state index contributed by atoms with van der Waals surface area (Å²) in [5, 5.41) is 23.0. The van der Waals surface area contributed by atoms with Gasteiger partial charge in [0.25, 0.3) is 11.8 Å². The SMILES string of the molecule is CC(=O)Nc1ccc(N2CCO[C@H]([C@@H](O)C(=O)Nc3ccc(C(=N)N)cc3)C2=O)cc1.Cl. The molecule has 0 unspecified atom stereocenters. The standard InChI is InChI=1S/C21H23N5O5.ClH/c1-12(27)24-14-6-8-16(9-7-14)26-10-11-31-18(21(26)30)17(28)20(29)25-15-4-2-13(3-5-15)19(22)23;/h2-9,17-18,28H,10-11H2,1H3,(H3,22,23)(H,24,27)(H,25,29);1H/t17-,18-;/m1./s1. The van der Waals surface area contributed by atoms with E-state index in [9.17, 15) is 19.5 Å². The van der Waals surface area contributed by atoms with Crippen LogP contribution in [0.1, 0.15) is 12.5 Å². The van der Waals surface area contributed by atoms with Gasteiger partial charge in [0.2, 0.25) is 5.91 Å². The van der Waals surface area contributed by atoms with Crippen molar-refractivity contribution >= 4 is 53.0 Å². The van der Waals surface area contributed by atoms with Crippen LogP contribution >= 0.6 is 12.4 Å².